The molecule has 0 aliphatic carbocycles. The maximum atomic E-state index is 5.40. The van der Waals surface area contributed by atoms with Gasteiger partial charge in [0.15, 0.2) is 13.6 Å². The molecule has 4 nitrogen and oxygen atoms in total. The molecule has 0 amide bonds. The minimum absolute atomic E-state index is 0.200. The van der Waals surface area contributed by atoms with Crippen molar-refractivity contribution in [2.75, 3.05) is 27.8 Å². The Labute approximate surface area is 104 Å². The molecule has 5 heteroatoms. The quantitative estimate of drug-likeness (QED) is 0.755. The van der Waals surface area contributed by atoms with Crippen LogP contribution in [0.2, 0.25) is 0 Å². The van der Waals surface area contributed by atoms with Gasteiger partial charge in [-0.2, -0.15) is 0 Å². The molecule has 90 valence electrons. The van der Waals surface area contributed by atoms with Crippen LogP contribution in [-0.4, -0.2) is 27.8 Å². The number of hydrogen-bond donors (Lipinski definition) is 0. The van der Waals surface area contributed by atoms with Gasteiger partial charge in [0.25, 0.3) is 0 Å². The summed E-state index contributed by atoms with van der Waals surface area (Å²) in [5.74, 6) is 1.39. The van der Waals surface area contributed by atoms with Gasteiger partial charge in [-0.25, -0.2) is 0 Å². The third-order valence-electron chi connectivity index (χ3n) is 1.87. The Kier molecular flexibility index (Phi) is 5.59. The molecule has 1 rings (SSSR count). The summed E-state index contributed by atoms with van der Waals surface area (Å²) in [7, 11) is 3.15. The lowest BCUT2D eigenvalue weighted by Gasteiger charge is -2.12. The summed E-state index contributed by atoms with van der Waals surface area (Å²) >= 11 is 3.45. The number of rotatable bonds is 6. The summed E-state index contributed by atoms with van der Waals surface area (Å²) in [6, 6.07) is 3.69. The molecule has 0 saturated carbocycles. The van der Waals surface area contributed by atoms with Crippen LogP contribution in [-0.2, 0) is 9.47 Å². The summed E-state index contributed by atoms with van der Waals surface area (Å²) in [5.41, 5.74) is 1.03. The molecule has 0 fully saturated rings. The van der Waals surface area contributed by atoms with Crippen LogP contribution in [0.25, 0.3) is 0 Å². The second-order valence-corrected chi connectivity index (χ2v) is 3.95. The monoisotopic (exact) mass is 290 g/mol. The molecule has 0 radical (unpaired) electrons. The van der Waals surface area contributed by atoms with E-state index in [9.17, 15) is 0 Å². The van der Waals surface area contributed by atoms with E-state index in [4.69, 9.17) is 18.9 Å². The summed E-state index contributed by atoms with van der Waals surface area (Å²) in [5, 5.41) is 0. The van der Waals surface area contributed by atoms with Crippen molar-refractivity contribution in [3.05, 3.63) is 22.2 Å². The highest BCUT2D eigenvalue weighted by molar-refractivity contribution is 9.10. The number of methoxy groups -OCH3 is 2. The van der Waals surface area contributed by atoms with Gasteiger partial charge in [-0.15, -0.1) is 0 Å². The first-order chi connectivity index (χ1) is 7.69. The molecule has 0 atom stereocenters. The fraction of sp³-hybridized carbons (Fsp3) is 0.455. The minimum atomic E-state index is 0.200. The third-order valence-corrected chi connectivity index (χ3v) is 2.89. The van der Waals surface area contributed by atoms with Crippen LogP contribution >= 0.6 is 15.9 Å². The van der Waals surface area contributed by atoms with E-state index in [0.29, 0.717) is 11.5 Å². The molecule has 0 spiro atoms. The zero-order valence-electron chi connectivity index (χ0n) is 9.58. The second-order valence-electron chi connectivity index (χ2n) is 3.15. The number of hydrogen-bond acceptors (Lipinski definition) is 4. The van der Waals surface area contributed by atoms with E-state index in [1.807, 2.05) is 13.0 Å². The maximum Gasteiger partial charge on any atom is 0.188 e. The van der Waals surface area contributed by atoms with E-state index in [1.165, 1.54) is 0 Å². The Hall–Kier alpha value is -0.780. The van der Waals surface area contributed by atoms with Crippen molar-refractivity contribution in [1.82, 2.24) is 0 Å². The maximum absolute atomic E-state index is 5.40. The molecular weight excluding hydrogens is 276 g/mol. The molecule has 1 aromatic carbocycles. The average Bonchev–Trinajstić information content (AvgIpc) is 2.28. The van der Waals surface area contributed by atoms with Gasteiger partial charge >= 0.3 is 0 Å². The third kappa shape index (κ3) is 3.66. The van der Waals surface area contributed by atoms with Crippen molar-refractivity contribution in [2.24, 2.45) is 0 Å². The lowest BCUT2D eigenvalue weighted by Crippen LogP contribution is -2.02. The highest BCUT2D eigenvalue weighted by atomic mass is 79.9. The molecule has 16 heavy (non-hydrogen) atoms. The van der Waals surface area contributed by atoms with E-state index in [2.05, 4.69) is 15.9 Å². The lowest BCUT2D eigenvalue weighted by atomic mass is 10.2. The predicted molar refractivity (Wildman–Crippen MR) is 63.9 cm³/mol. The molecule has 0 bridgehead atoms. The van der Waals surface area contributed by atoms with Gasteiger partial charge in [-0.05, 0) is 34.5 Å². The van der Waals surface area contributed by atoms with Crippen LogP contribution in [0.1, 0.15) is 5.56 Å². The number of aryl methyl sites for hydroxylation is 1. The van der Waals surface area contributed by atoms with Gasteiger partial charge in [0, 0.05) is 20.3 Å². The highest BCUT2D eigenvalue weighted by Gasteiger charge is 2.07. The van der Waals surface area contributed by atoms with Crippen LogP contribution in [0.4, 0.5) is 0 Å². The summed E-state index contributed by atoms with van der Waals surface area (Å²) in [4.78, 5) is 0. The first kappa shape index (κ1) is 13.3. The van der Waals surface area contributed by atoms with Gasteiger partial charge in [0.05, 0.1) is 4.47 Å². The molecule has 0 saturated heterocycles. The fourth-order valence-electron chi connectivity index (χ4n) is 1.14. The Morgan fingerprint density at radius 3 is 2.31 bits per heavy atom. The zero-order valence-corrected chi connectivity index (χ0v) is 11.2. The minimum Gasteiger partial charge on any atom is -0.467 e. The van der Waals surface area contributed by atoms with Crippen LogP contribution in [0.3, 0.4) is 0 Å². The van der Waals surface area contributed by atoms with E-state index in [0.717, 1.165) is 10.0 Å². The largest absolute Gasteiger partial charge is 0.467 e. The van der Waals surface area contributed by atoms with Crippen LogP contribution in [0, 0.1) is 6.92 Å². The molecule has 0 aromatic heterocycles. The molecule has 0 N–H and O–H groups in total. The van der Waals surface area contributed by atoms with Gasteiger partial charge in [0.1, 0.15) is 11.5 Å². The van der Waals surface area contributed by atoms with E-state index >= 15 is 0 Å². The number of ether oxygens (including phenoxy) is 4. The smallest absolute Gasteiger partial charge is 0.188 e. The standard InChI is InChI=1S/C11H15BrO4/c1-8-4-9(15-6-13-2)5-10(11(8)12)16-7-14-3/h4-5H,6-7H2,1-3H3. The topological polar surface area (TPSA) is 36.9 Å². The van der Waals surface area contributed by atoms with E-state index < -0.39 is 0 Å². The molecule has 0 aliphatic heterocycles. The SMILES string of the molecule is COCOc1cc(C)c(Br)c(OCOC)c1. The van der Waals surface area contributed by atoms with Gasteiger partial charge in [0.2, 0.25) is 0 Å². The van der Waals surface area contributed by atoms with Crippen molar-refractivity contribution in [3.63, 3.8) is 0 Å². The normalized spacial score (nSPS) is 10.2. The van der Waals surface area contributed by atoms with E-state index in [1.54, 1.807) is 20.3 Å². The Morgan fingerprint density at radius 2 is 1.69 bits per heavy atom. The summed E-state index contributed by atoms with van der Waals surface area (Å²) < 4.78 is 21.3. The fourth-order valence-corrected chi connectivity index (χ4v) is 1.49. The van der Waals surface area contributed by atoms with E-state index in [-0.39, 0.29) is 13.6 Å². The first-order valence-corrected chi connectivity index (χ1v) is 5.52. The van der Waals surface area contributed by atoms with Crippen molar-refractivity contribution in [1.29, 1.82) is 0 Å². The van der Waals surface area contributed by atoms with Gasteiger partial charge < -0.3 is 18.9 Å². The van der Waals surface area contributed by atoms with Crippen molar-refractivity contribution in [3.8, 4) is 11.5 Å². The lowest BCUT2D eigenvalue weighted by molar-refractivity contribution is 0.0456. The van der Waals surface area contributed by atoms with Gasteiger partial charge in [-0.1, -0.05) is 0 Å². The van der Waals surface area contributed by atoms with Crippen LogP contribution in [0.5, 0.6) is 11.5 Å². The number of halogens is 1. The first-order valence-electron chi connectivity index (χ1n) is 4.72. The molecule has 0 unspecified atom stereocenters. The summed E-state index contributed by atoms with van der Waals surface area (Å²) in [6.07, 6.45) is 0. The van der Waals surface area contributed by atoms with Crippen LogP contribution in [0.15, 0.2) is 16.6 Å². The summed E-state index contributed by atoms with van der Waals surface area (Å²) in [6.45, 7) is 2.37. The van der Waals surface area contributed by atoms with Crippen molar-refractivity contribution in [2.45, 2.75) is 6.92 Å². The Balaban J connectivity index is 2.83. The molecule has 1 aromatic rings. The molecule has 0 aliphatic rings. The molecule has 0 heterocycles. The van der Waals surface area contributed by atoms with Gasteiger partial charge in [-0.3, -0.25) is 0 Å². The van der Waals surface area contributed by atoms with Crippen molar-refractivity contribution >= 4 is 15.9 Å². The highest BCUT2D eigenvalue weighted by Crippen LogP contribution is 2.33. The number of benzene rings is 1. The van der Waals surface area contributed by atoms with Crippen LogP contribution < -0.4 is 9.47 Å². The Bertz CT molecular complexity index is 341. The average molecular weight is 291 g/mol. The Morgan fingerprint density at radius 1 is 1.06 bits per heavy atom. The zero-order chi connectivity index (χ0) is 12.0. The predicted octanol–water partition coefficient (Wildman–Crippen LogP) is 2.72. The van der Waals surface area contributed by atoms with Crippen molar-refractivity contribution < 1.29 is 18.9 Å². The second kappa shape index (κ2) is 6.73. The molecular formula is C11H15BrO4.